The van der Waals surface area contributed by atoms with E-state index in [0.717, 1.165) is 10.5 Å². The average Bonchev–Trinajstić information content (AvgIpc) is 2.75. The molecule has 0 unspecified atom stereocenters. The lowest BCUT2D eigenvalue weighted by atomic mass is 10.2. The third kappa shape index (κ3) is 2.68. The number of benzene rings is 1. The van der Waals surface area contributed by atoms with Crippen LogP contribution in [0.5, 0.6) is 0 Å². The van der Waals surface area contributed by atoms with Gasteiger partial charge in [0.25, 0.3) is 5.91 Å². The van der Waals surface area contributed by atoms with Crippen LogP contribution in [-0.4, -0.2) is 22.4 Å². The summed E-state index contributed by atoms with van der Waals surface area (Å²) in [5, 5.41) is 9.75. The van der Waals surface area contributed by atoms with Gasteiger partial charge in [-0.25, -0.2) is 0 Å². The molecule has 0 radical (unpaired) electrons. The summed E-state index contributed by atoms with van der Waals surface area (Å²) in [5.41, 5.74) is 1.33. The minimum absolute atomic E-state index is 0.247. The number of hydrogen-bond acceptors (Lipinski definition) is 3. The molecule has 6 heteroatoms. The van der Waals surface area contributed by atoms with Crippen molar-refractivity contribution in [2.24, 2.45) is 0 Å². The van der Waals surface area contributed by atoms with E-state index >= 15 is 0 Å². The van der Waals surface area contributed by atoms with Gasteiger partial charge in [-0.1, -0.05) is 11.6 Å². The number of carbonyl (C=O) groups excluding carboxylic acids is 1. The molecule has 0 fully saturated rings. The van der Waals surface area contributed by atoms with Gasteiger partial charge in [0.1, 0.15) is 5.82 Å². The number of thioether (sulfide) groups is 1. The van der Waals surface area contributed by atoms with Gasteiger partial charge in [0.2, 0.25) is 0 Å². The van der Waals surface area contributed by atoms with E-state index in [1.54, 1.807) is 30.1 Å². The van der Waals surface area contributed by atoms with E-state index in [-0.39, 0.29) is 5.91 Å². The van der Waals surface area contributed by atoms with Gasteiger partial charge in [0, 0.05) is 10.5 Å². The number of aryl methyl sites for hydroxylation is 1. The Morgan fingerprint density at radius 1 is 1.50 bits per heavy atom. The highest BCUT2D eigenvalue weighted by molar-refractivity contribution is 7.98. The van der Waals surface area contributed by atoms with Crippen molar-refractivity contribution in [3.05, 3.63) is 40.5 Å². The Morgan fingerprint density at radius 2 is 2.28 bits per heavy atom. The van der Waals surface area contributed by atoms with Gasteiger partial charge < -0.3 is 5.32 Å². The lowest BCUT2D eigenvalue weighted by Crippen LogP contribution is -2.13. The molecule has 0 aliphatic carbocycles. The Kier molecular flexibility index (Phi) is 3.93. The van der Waals surface area contributed by atoms with Crippen molar-refractivity contribution in [3.8, 4) is 0 Å². The second-order valence-corrected chi connectivity index (χ2v) is 5.01. The Hall–Kier alpha value is -1.46. The molecule has 2 rings (SSSR count). The molecule has 94 valence electrons. The van der Waals surface area contributed by atoms with Gasteiger partial charge in [-0.3, -0.25) is 9.89 Å². The Morgan fingerprint density at radius 3 is 2.89 bits per heavy atom. The Labute approximate surface area is 114 Å². The fourth-order valence-electron chi connectivity index (χ4n) is 1.46. The Balaban J connectivity index is 2.26. The molecule has 1 heterocycles. The van der Waals surface area contributed by atoms with Crippen LogP contribution in [0.25, 0.3) is 0 Å². The molecule has 2 aromatic rings. The molecule has 0 atom stereocenters. The van der Waals surface area contributed by atoms with E-state index in [2.05, 4.69) is 15.5 Å². The number of aromatic nitrogens is 2. The predicted molar refractivity (Wildman–Crippen MR) is 74.5 cm³/mol. The van der Waals surface area contributed by atoms with Crippen LogP contribution >= 0.6 is 23.4 Å². The lowest BCUT2D eigenvalue weighted by molar-refractivity contribution is 0.102. The van der Waals surface area contributed by atoms with Crippen molar-refractivity contribution in [2.75, 3.05) is 11.6 Å². The van der Waals surface area contributed by atoms with Gasteiger partial charge >= 0.3 is 0 Å². The van der Waals surface area contributed by atoms with Gasteiger partial charge in [0.15, 0.2) is 0 Å². The van der Waals surface area contributed by atoms with Crippen LogP contribution in [-0.2, 0) is 0 Å². The fourth-order valence-corrected chi connectivity index (χ4v) is 2.10. The molecular formula is C12H12ClN3OS. The largest absolute Gasteiger partial charge is 0.307 e. The number of aromatic amines is 1. The third-order valence-corrected chi connectivity index (χ3v) is 3.54. The minimum atomic E-state index is -0.247. The molecule has 4 nitrogen and oxygen atoms in total. The highest BCUT2D eigenvalue weighted by Crippen LogP contribution is 2.24. The van der Waals surface area contributed by atoms with Gasteiger partial charge in [-0.05, 0) is 31.4 Å². The first kappa shape index (κ1) is 13.0. The summed E-state index contributed by atoms with van der Waals surface area (Å²) in [5.74, 6) is 0.342. The minimum Gasteiger partial charge on any atom is -0.307 e. The topological polar surface area (TPSA) is 57.8 Å². The molecule has 0 bridgehead atoms. The summed E-state index contributed by atoms with van der Waals surface area (Å²) in [6.45, 7) is 1.86. The number of anilines is 1. The van der Waals surface area contributed by atoms with Gasteiger partial charge in [-0.2, -0.15) is 5.10 Å². The van der Waals surface area contributed by atoms with E-state index in [0.29, 0.717) is 16.4 Å². The fraction of sp³-hybridized carbons (Fsp3) is 0.167. The zero-order chi connectivity index (χ0) is 13.1. The van der Waals surface area contributed by atoms with Crippen molar-refractivity contribution >= 4 is 35.1 Å². The average molecular weight is 282 g/mol. The van der Waals surface area contributed by atoms with Crippen molar-refractivity contribution in [2.45, 2.75) is 11.8 Å². The summed E-state index contributed by atoms with van der Waals surface area (Å²) < 4.78 is 0. The molecule has 0 saturated carbocycles. The number of nitrogens with zero attached hydrogens (tertiary/aromatic N) is 1. The Bertz CT molecular complexity index is 582. The third-order valence-electron chi connectivity index (χ3n) is 2.49. The number of amides is 1. The summed E-state index contributed by atoms with van der Waals surface area (Å²) in [6, 6.07) is 5.38. The first-order valence-corrected chi connectivity index (χ1v) is 6.87. The standard InChI is InChI=1S/C12H12ClN3OS/c1-7-6-14-16-11(7)15-12(17)9-5-8(18-2)3-4-10(9)13/h3-6H,1-2H3,(H2,14,15,16,17). The number of halogens is 1. The van der Waals surface area contributed by atoms with Crippen LogP contribution in [0.4, 0.5) is 5.82 Å². The SMILES string of the molecule is CSc1ccc(Cl)c(C(=O)Nc2[nH]ncc2C)c1. The van der Waals surface area contributed by atoms with Crippen LogP contribution in [0.2, 0.25) is 5.02 Å². The van der Waals surface area contributed by atoms with Crippen LogP contribution < -0.4 is 5.32 Å². The second kappa shape index (κ2) is 5.46. The van der Waals surface area contributed by atoms with Crippen molar-refractivity contribution in [1.29, 1.82) is 0 Å². The van der Waals surface area contributed by atoms with E-state index in [1.165, 1.54) is 0 Å². The molecule has 0 aliphatic heterocycles. The number of carbonyl (C=O) groups is 1. The van der Waals surface area contributed by atoms with Crippen molar-refractivity contribution < 1.29 is 4.79 Å². The van der Waals surface area contributed by atoms with Crippen LogP contribution in [0.15, 0.2) is 29.3 Å². The first-order valence-electron chi connectivity index (χ1n) is 5.26. The monoisotopic (exact) mass is 281 g/mol. The maximum Gasteiger partial charge on any atom is 0.258 e. The van der Waals surface area contributed by atoms with E-state index in [1.807, 2.05) is 19.2 Å². The summed E-state index contributed by atoms with van der Waals surface area (Å²) >= 11 is 7.59. The van der Waals surface area contributed by atoms with Gasteiger partial charge in [-0.15, -0.1) is 11.8 Å². The summed E-state index contributed by atoms with van der Waals surface area (Å²) in [7, 11) is 0. The van der Waals surface area contributed by atoms with Crippen molar-refractivity contribution in [1.82, 2.24) is 10.2 Å². The smallest absolute Gasteiger partial charge is 0.258 e. The maximum absolute atomic E-state index is 12.1. The summed E-state index contributed by atoms with van der Waals surface area (Å²) in [4.78, 5) is 13.1. The van der Waals surface area contributed by atoms with E-state index in [4.69, 9.17) is 11.6 Å². The van der Waals surface area contributed by atoms with Crippen LogP contribution in [0.3, 0.4) is 0 Å². The first-order chi connectivity index (χ1) is 8.61. The molecule has 0 saturated heterocycles. The highest BCUT2D eigenvalue weighted by atomic mass is 35.5. The molecular weight excluding hydrogens is 270 g/mol. The van der Waals surface area contributed by atoms with E-state index < -0.39 is 0 Å². The molecule has 1 aromatic heterocycles. The normalized spacial score (nSPS) is 10.4. The van der Waals surface area contributed by atoms with Crippen LogP contribution in [0.1, 0.15) is 15.9 Å². The molecule has 1 amide bonds. The second-order valence-electron chi connectivity index (χ2n) is 3.73. The van der Waals surface area contributed by atoms with Crippen molar-refractivity contribution in [3.63, 3.8) is 0 Å². The highest BCUT2D eigenvalue weighted by Gasteiger charge is 2.13. The lowest BCUT2D eigenvalue weighted by Gasteiger charge is -2.07. The predicted octanol–water partition coefficient (Wildman–Crippen LogP) is 3.35. The quantitative estimate of drug-likeness (QED) is 0.848. The molecule has 2 N–H and O–H groups in total. The zero-order valence-electron chi connectivity index (χ0n) is 9.95. The molecule has 18 heavy (non-hydrogen) atoms. The van der Waals surface area contributed by atoms with Crippen LogP contribution in [0, 0.1) is 6.92 Å². The number of hydrogen-bond donors (Lipinski definition) is 2. The maximum atomic E-state index is 12.1. The number of nitrogens with one attached hydrogen (secondary N) is 2. The summed E-state index contributed by atoms with van der Waals surface area (Å²) in [6.07, 6.45) is 3.60. The number of H-pyrrole nitrogens is 1. The number of rotatable bonds is 3. The molecule has 0 aliphatic rings. The molecule has 0 spiro atoms. The zero-order valence-corrected chi connectivity index (χ0v) is 11.5. The van der Waals surface area contributed by atoms with E-state index in [9.17, 15) is 4.79 Å². The molecule has 1 aromatic carbocycles. The van der Waals surface area contributed by atoms with Gasteiger partial charge in [0.05, 0.1) is 16.8 Å².